The molecule has 0 aliphatic heterocycles. The highest BCUT2D eigenvalue weighted by molar-refractivity contribution is 7.92. The molecular formula is C18H22FN3O5S2. The van der Waals surface area contributed by atoms with E-state index in [1.54, 1.807) is 13.8 Å². The molecule has 11 heteroatoms. The normalized spacial score (nSPS) is 12.0. The van der Waals surface area contributed by atoms with Crippen LogP contribution in [-0.4, -0.2) is 46.4 Å². The van der Waals surface area contributed by atoms with Gasteiger partial charge < -0.3 is 5.32 Å². The molecule has 0 aliphatic rings. The first-order valence-corrected chi connectivity index (χ1v) is 12.0. The summed E-state index contributed by atoms with van der Waals surface area (Å²) in [6.45, 7) is 4.13. The number of anilines is 2. The maximum absolute atomic E-state index is 13.7. The Morgan fingerprint density at radius 3 is 2.10 bits per heavy atom. The summed E-state index contributed by atoms with van der Waals surface area (Å²) >= 11 is 0. The molecule has 2 aromatic rings. The lowest BCUT2D eigenvalue weighted by molar-refractivity contribution is 0.102. The van der Waals surface area contributed by atoms with E-state index in [9.17, 15) is 26.0 Å². The van der Waals surface area contributed by atoms with Gasteiger partial charge in [0.15, 0.2) is 0 Å². The smallest absolute Gasteiger partial charge is 0.255 e. The van der Waals surface area contributed by atoms with Crippen LogP contribution in [0.1, 0.15) is 24.2 Å². The minimum Gasteiger partial charge on any atom is -0.322 e. The third-order valence-corrected chi connectivity index (χ3v) is 6.63. The van der Waals surface area contributed by atoms with E-state index in [1.165, 1.54) is 34.6 Å². The Labute approximate surface area is 169 Å². The molecule has 0 spiro atoms. The molecule has 2 aromatic carbocycles. The number of benzene rings is 2. The largest absolute Gasteiger partial charge is 0.322 e. The van der Waals surface area contributed by atoms with E-state index in [-0.39, 0.29) is 21.8 Å². The molecule has 0 fully saturated rings. The second-order valence-corrected chi connectivity index (χ2v) is 9.82. The van der Waals surface area contributed by atoms with E-state index in [0.29, 0.717) is 13.1 Å². The van der Waals surface area contributed by atoms with Crippen LogP contribution in [0.4, 0.5) is 15.8 Å². The van der Waals surface area contributed by atoms with Crippen molar-refractivity contribution in [3.63, 3.8) is 0 Å². The zero-order chi connectivity index (χ0) is 21.8. The first kappa shape index (κ1) is 22.8. The summed E-state index contributed by atoms with van der Waals surface area (Å²) < 4.78 is 64.6. The van der Waals surface area contributed by atoms with Crippen LogP contribution in [0, 0.1) is 5.82 Å². The zero-order valence-electron chi connectivity index (χ0n) is 16.1. The predicted molar refractivity (Wildman–Crippen MR) is 109 cm³/mol. The number of nitrogens with zero attached hydrogens (tertiary/aromatic N) is 1. The maximum atomic E-state index is 13.7. The average Bonchev–Trinajstić information content (AvgIpc) is 2.64. The number of carbonyl (C=O) groups is 1. The lowest BCUT2D eigenvalue weighted by atomic mass is 10.2. The molecule has 8 nitrogen and oxygen atoms in total. The minimum atomic E-state index is -3.69. The molecule has 1 amide bonds. The Morgan fingerprint density at radius 1 is 1.00 bits per heavy atom. The quantitative estimate of drug-likeness (QED) is 0.651. The molecule has 0 heterocycles. The van der Waals surface area contributed by atoms with E-state index in [2.05, 4.69) is 5.32 Å². The molecule has 0 saturated heterocycles. The van der Waals surface area contributed by atoms with Crippen molar-refractivity contribution >= 4 is 37.3 Å². The highest BCUT2D eigenvalue weighted by Gasteiger charge is 2.21. The third-order valence-electron chi connectivity index (χ3n) is 3.98. The topological polar surface area (TPSA) is 113 Å². The fourth-order valence-corrected chi connectivity index (χ4v) is 4.59. The van der Waals surface area contributed by atoms with Gasteiger partial charge in [0.05, 0.1) is 16.8 Å². The van der Waals surface area contributed by atoms with Crippen LogP contribution < -0.4 is 10.0 Å². The van der Waals surface area contributed by atoms with E-state index in [4.69, 9.17) is 0 Å². The Morgan fingerprint density at radius 2 is 1.59 bits per heavy atom. The van der Waals surface area contributed by atoms with Crippen LogP contribution in [-0.2, 0) is 20.0 Å². The summed E-state index contributed by atoms with van der Waals surface area (Å²) in [7, 11) is -7.33. The van der Waals surface area contributed by atoms with Crippen molar-refractivity contribution in [2.24, 2.45) is 0 Å². The van der Waals surface area contributed by atoms with Gasteiger partial charge in [-0.05, 0) is 42.5 Å². The van der Waals surface area contributed by atoms with Gasteiger partial charge in [0, 0.05) is 24.3 Å². The second-order valence-electron chi connectivity index (χ2n) is 6.14. The molecule has 0 bridgehead atoms. The van der Waals surface area contributed by atoms with E-state index in [0.717, 1.165) is 18.4 Å². The summed E-state index contributed by atoms with van der Waals surface area (Å²) in [6, 6.07) is 8.85. The van der Waals surface area contributed by atoms with Crippen molar-refractivity contribution in [1.82, 2.24) is 4.31 Å². The van der Waals surface area contributed by atoms with Gasteiger partial charge in [-0.3, -0.25) is 9.52 Å². The standard InChI is InChI=1S/C18H22FN3O5S2/c1-4-22(5-2)29(26,27)15-9-6-13(7-10-15)18(23)20-14-8-11-16(19)17(12-14)21-28(3,24)25/h6-12,21H,4-5H2,1-3H3,(H,20,23). The highest BCUT2D eigenvalue weighted by atomic mass is 32.2. The maximum Gasteiger partial charge on any atom is 0.255 e. The fraction of sp³-hybridized carbons (Fsp3) is 0.278. The van der Waals surface area contributed by atoms with Crippen molar-refractivity contribution in [2.75, 3.05) is 29.4 Å². The van der Waals surface area contributed by atoms with Crippen molar-refractivity contribution in [2.45, 2.75) is 18.7 Å². The van der Waals surface area contributed by atoms with Crippen LogP contribution in [0.2, 0.25) is 0 Å². The van der Waals surface area contributed by atoms with Gasteiger partial charge in [-0.25, -0.2) is 21.2 Å². The molecule has 0 saturated carbocycles. The average molecular weight is 444 g/mol. The lowest BCUT2D eigenvalue weighted by Gasteiger charge is -2.18. The van der Waals surface area contributed by atoms with Gasteiger partial charge in [0.25, 0.3) is 5.91 Å². The van der Waals surface area contributed by atoms with Gasteiger partial charge in [0.1, 0.15) is 5.82 Å². The van der Waals surface area contributed by atoms with Crippen LogP contribution in [0.5, 0.6) is 0 Å². The molecule has 2 N–H and O–H groups in total. The summed E-state index contributed by atoms with van der Waals surface area (Å²) in [6.07, 6.45) is 0.880. The number of sulfonamides is 2. The summed E-state index contributed by atoms with van der Waals surface area (Å²) in [5.74, 6) is -1.35. The Hall–Kier alpha value is -2.50. The van der Waals surface area contributed by atoms with Gasteiger partial charge >= 0.3 is 0 Å². The van der Waals surface area contributed by atoms with Crippen LogP contribution in [0.3, 0.4) is 0 Å². The molecular weight excluding hydrogens is 421 g/mol. The van der Waals surface area contributed by atoms with Crippen LogP contribution >= 0.6 is 0 Å². The van der Waals surface area contributed by atoms with Crippen molar-refractivity contribution in [1.29, 1.82) is 0 Å². The van der Waals surface area contributed by atoms with E-state index in [1.807, 2.05) is 4.72 Å². The molecule has 0 atom stereocenters. The number of amides is 1. The Bertz CT molecular complexity index is 1100. The molecule has 0 aromatic heterocycles. The number of hydrogen-bond donors (Lipinski definition) is 2. The zero-order valence-corrected chi connectivity index (χ0v) is 17.8. The van der Waals surface area contributed by atoms with E-state index >= 15 is 0 Å². The number of rotatable bonds is 8. The molecule has 2 rings (SSSR count). The molecule has 158 valence electrons. The van der Waals surface area contributed by atoms with Crippen LogP contribution in [0.25, 0.3) is 0 Å². The predicted octanol–water partition coefficient (Wildman–Crippen LogP) is 2.48. The molecule has 29 heavy (non-hydrogen) atoms. The number of hydrogen-bond acceptors (Lipinski definition) is 5. The van der Waals surface area contributed by atoms with Gasteiger partial charge in [0.2, 0.25) is 20.0 Å². The van der Waals surface area contributed by atoms with Crippen molar-refractivity contribution in [3.05, 3.63) is 53.8 Å². The highest BCUT2D eigenvalue weighted by Crippen LogP contribution is 2.22. The molecule has 0 aliphatic carbocycles. The SMILES string of the molecule is CCN(CC)S(=O)(=O)c1ccc(C(=O)Nc2ccc(F)c(NS(C)(=O)=O)c2)cc1. The fourth-order valence-electron chi connectivity index (χ4n) is 2.58. The summed E-state index contributed by atoms with van der Waals surface area (Å²) in [5, 5.41) is 2.51. The van der Waals surface area contributed by atoms with Crippen LogP contribution in [0.15, 0.2) is 47.4 Å². The van der Waals surface area contributed by atoms with Gasteiger partial charge in [-0.1, -0.05) is 13.8 Å². The third kappa shape index (κ3) is 5.75. The summed E-state index contributed by atoms with van der Waals surface area (Å²) in [5.41, 5.74) is 0.0544. The monoisotopic (exact) mass is 443 g/mol. The first-order valence-electron chi connectivity index (χ1n) is 8.66. The van der Waals surface area contributed by atoms with Crippen molar-refractivity contribution in [3.8, 4) is 0 Å². The Kier molecular flexibility index (Phi) is 6.98. The summed E-state index contributed by atoms with van der Waals surface area (Å²) in [4.78, 5) is 12.5. The second kappa shape index (κ2) is 8.89. The number of halogens is 1. The molecule has 0 unspecified atom stereocenters. The Balaban J connectivity index is 2.21. The number of nitrogens with one attached hydrogen (secondary N) is 2. The lowest BCUT2D eigenvalue weighted by Crippen LogP contribution is -2.30. The van der Waals surface area contributed by atoms with Gasteiger partial charge in [-0.15, -0.1) is 0 Å². The van der Waals surface area contributed by atoms with Crippen molar-refractivity contribution < 1.29 is 26.0 Å². The minimum absolute atomic E-state index is 0.0687. The first-order chi connectivity index (χ1) is 13.5. The van der Waals surface area contributed by atoms with Gasteiger partial charge in [-0.2, -0.15) is 4.31 Å². The van der Waals surface area contributed by atoms with E-state index < -0.39 is 31.8 Å². The molecule has 0 radical (unpaired) electrons. The number of carbonyl (C=O) groups excluding carboxylic acids is 1.